The lowest BCUT2D eigenvalue weighted by atomic mass is 9.52. The first kappa shape index (κ1) is 19.0. The molecule has 0 aliphatic heterocycles. The molecule has 5 aliphatic carbocycles. The third kappa shape index (κ3) is 3.07. The number of hydrogen-bond donors (Lipinski definition) is 2. The minimum atomic E-state index is -0.626. The molecule has 2 N–H and O–H groups in total. The molecule has 31 heavy (non-hydrogen) atoms. The minimum Gasteiger partial charge on any atom is -0.459 e. The summed E-state index contributed by atoms with van der Waals surface area (Å²) in [7, 11) is 0. The molecule has 0 amide bonds. The summed E-state index contributed by atoms with van der Waals surface area (Å²) in [5.41, 5.74) is 3.26. The van der Waals surface area contributed by atoms with Gasteiger partial charge in [0, 0.05) is 24.2 Å². The molecule has 8 heteroatoms. The van der Waals surface area contributed by atoms with E-state index in [1.807, 2.05) is 0 Å². The summed E-state index contributed by atoms with van der Waals surface area (Å²) in [6.45, 7) is 1.97. The zero-order valence-corrected chi connectivity index (χ0v) is 17.5. The average molecular weight is 422 g/mol. The Kier molecular flexibility index (Phi) is 4.21. The average Bonchev–Trinajstić information content (AvgIpc) is 3.39. The van der Waals surface area contributed by atoms with Gasteiger partial charge in [0.25, 0.3) is 0 Å². The number of nitrogens with one attached hydrogen (secondary N) is 1. The predicted octanol–water partition coefficient (Wildman–Crippen LogP) is 3.23. The highest BCUT2D eigenvalue weighted by molar-refractivity contribution is 5.87. The quantitative estimate of drug-likeness (QED) is 0.707. The van der Waals surface area contributed by atoms with E-state index in [2.05, 4.69) is 32.6 Å². The molecule has 5 aliphatic rings. The lowest BCUT2D eigenvalue weighted by molar-refractivity contribution is -0.129. The monoisotopic (exact) mass is 422 g/mol. The van der Waals surface area contributed by atoms with Gasteiger partial charge in [-0.1, -0.05) is 17.3 Å². The SMILES string of the molecule is CCOC(=O)c1nc(-c2cnc3c(c2NC2[C@@H]4CC5C[C@H]2CC(O)(C5)C4)C=CC3)no1. The number of fused-ring (bicyclic) bond motifs is 1. The summed E-state index contributed by atoms with van der Waals surface area (Å²) in [6.07, 6.45) is 11.8. The van der Waals surface area contributed by atoms with E-state index in [9.17, 15) is 9.90 Å². The first-order valence-electron chi connectivity index (χ1n) is 11.2. The number of carbonyl (C=O) groups is 1. The molecular weight excluding hydrogens is 396 g/mol. The third-order valence-electron chi connectivity index (χ3n) is 7.46. The summed E-state index contributed by atoms with van der Waals surface area (Å²) in [4.78, 5) is 20.9. The fourth-order valence-corrected chi connectivity index (χ4v) is 6.51. The van der Waals surface area contributed by atoms with Crippen molar-refractivity contribution in [3.63, 3.8) is 0 Å². The Bertz CT molecular complexity index is 1060. The Morgan fingerprint density at radius 2 is 2.13 bits per heavy atom. The molecule has 4 fully saturated rings. The fourth-order valence-electron chi connectivity index (χ4n) is 6.51. The molecule has 8 nitrogen and oxygen atoms in total. The number of aliphatic hydroxyl groups is 1. The number of carbonyl (C=O) groups excluding carboxylic acids is 1. The molecule has 0 radical (unpaired) electrons. The molecule has 4 saturated carbocycles. The molecule has 7 rings (SSSR count). The Balaban J connectivity index is 1.36. The summed E-state index contributed by atoms with van der Waals surface area (Å²) in [5, 5.41) is 18.8. The smallest absolute Gasteiger partial charge is 0.397 e. The van der Waals surface area contributed by atoms with Crippen LogP contribution in [-0.2, 0) is 11.2 Å². The van der Waals surface area contributed by atoms with E-state index in [4.69, 9.17) is 9.26 Å². The van der Waals surface area contributed by atoms with Crippen LogP contribution in [0.4, 0.5) is 5.69 Å². The molecule has 5 atom stereocenters. The van der Waals surface area contributed by atoms with Gasteiger partial charge in [0.2, 0.25) is 5.82 Å². The summed E-state index contributed by atoms with van der Waals surface area (Å²) in [5.74, 6) is 1.10. The van der Waals surface area contributed by atoms with E-state index >= 15 is 0 Å². The highest BCUT2D eigenvalue weighted by Gasteiger charge is 2.54. The number of anilines is 1. The van der Waals surface area contributed by atoms with E-state index in [1.54, 1.807) is 13.1 Å². The highest BCUT2D eigenvalue weighted by atomic mass is 16.6. The van der Waals surface area contributed by atoms with E-state index in [0.29, 0.717) is 29.6 Å². The van der Waals surface area contributed by atoms with E-state index in [1.165, 1.54) is 12.8 Å². The molecular formula is C23H26N4O4. The van der Waals surface area contributed by atoms with Crippen LogP contribution in [0, 0.1) is 17.8 Å². The second-order valence-electron chi connectivity index (χ2n) is 9.52. The Morgan fingerprint density at radius 3 is 2.87 bits per heavy atom. The molecule has 0 spiro atoms. The number of nitrogens with zero attached hydrogens (tertiary/aromatic N) is 3. The third-order valence-corrected chi connectivity index (χ3v) is 7.46. The highest BCUT2D eigenvalue weighted by Crippen LogP contribution is 2.56. The van der Waals surface area contributed by atoms with Crippen LogP contribution in [-0.4, -0.2) is 44.5 Å². The number of ether oxygens (including phenoxy) is 1. The maximum absolute atomic E-state index is 12.0. The van der Waals surface area contributed by atoms with Crippen molar-refractivity contribution >= 4 is 17.7 Å². The van der Waals surface area contributed by atoms with Crippen LogP contribution in [0.5, 0.6) is 0 Å². The number of hydrogen-bond acceptors (Lipinski definition) is 8. The van der Waals surface area contributed by atoms with Gasteiger partial charge in [-0.15, -0.1) is 0 Å². The van der Waals surface area contributed by atoms with Crippen LogP contribution >= 0.6 is 0 Å². The second-order valence-corrected chi connectivity index (χ2v) is 9.52. The molecule has 0 saturated heterocycles. The van der Waals surface area contributed by atoms with Crippen molar-refractivity contribution in [3.8, 4) is 11.4 Å². The van der Waals surface area contributed by atoms with E-state index < -0.39 is 11.6 Å². The largest absolute Gasteiger partial charge is 0.459 e. The van der Waals surface area contributed by atoms with Gasteiger partial charge in [-0.05, 0) is 56.8 Å². The van der Waals surface area contributed by atoms with Crippen LogP contribution in [0.15, 0.2) is 16.8 Å². The van der Waals surface area contributed by atoms with Crippen molar-refractivity contribution in [3.05, 3.63) is 29.4 Å². The van der Waals surface area contributed by atoms with Crippen LogP contribution in [0.3, 0.4) is 0 Å². The maximum atomic E-state index is 12.0. The van der Waals surface area contributed by atoms with Gasteiger partial charge in [0.05, 0.1) is 29.2 Å². The van der Waals surface area contributed by atoms with Crippen molar-refractivity contribution in [2.75, 3.05) is 11.9 Å². The van der Waals surface area contributed by atoms with Crippen LogP contribution < -0.4 is 5.32 Å². The number of esters is 1. The molecule has 2 aromatic rings. The number of rotatable bonds is 5. The molecule has 3 unspecified atom stereocenters. The lowest BCUT2D eigenvalue weighted by Crippen LogP contribution is -2.59. The van der Waals surface area contributed by atoms with Gasteiger partial charge >= 0.3 is 11.9 Å². The van der Waals surface area contributed by atoms with Gasteiger partial charge in [0.15, 0.2) is 0 Å². The number of pyridine rings is 1. The number of aromatic nitrogens is 3. The standard InChI is InChI=1S/C23H26N4O4/c1-2-30-22(28)21-26-20(27-31-21)16-11-24-17-5-3-4-15(17)19(16)25-18-13-6-12-7-14(18)10-23(29,8-12)9-13/h3-4,11-14,18,29H,2,5-10H2,1H3,(H,24,25)/t12?,13-,14+,18?,23?. The minimum absolute atomic E-state index is 0.157. The van der Waals surface area contributed by atoms with Crippen molar-refractivity contribution < 1.29 is 19.2 Å². The molecule has 0 aromatic carbocycles. The molecule has 162 valence electrons. The van der Waals surface area contributed by atoms with Gasteiger partial charge in [-0.25, -0.2) is 4.79 Å². The Morgan fingerprint density at radius 1 is 1.32 bits per heavy atom. The van der Waals surface area contributed by atoms with Crippen LogP contribution in [0.1, 0.15) is 61.0 Å². The van der Waals surface area contributed by atoms with Crippen molar-refractivity contribution in [1.82, 2.24) is 15.1 Å². The van der Waals surface area contributed by atoms with Crippen molar-refractivity contribution in [2.24, 2.45) is 17.8 Å². The van der Waals surface area contributed by atoms with Crippen LogP contribution in [0.2, 0.25) is 0 Å². The van der Waals surface area contributed by atoms with Crippen molar-refractivity contribution in [1.29, 1.82) is 0 Å². The number of allylic oxidation sites excluding steroid dienone is 1. The molecule has 2 aromatic heterocycles. The second kappa shape index (κ2) is 6.88. The zero-order chi connectivity index (χ0) is 21.2. The summed E-state index contributed by atoms with van der Waals surface area (Å²) < 4.78 is 10.1. The van der Waals surface area contributed by atoms with Gasteiger partial charge < -0.3 is 19.7 Å². The summed E-state index contributed by atoms with van der Waals surface area (Å²) >= 11 is 0. The normalized spacial score (nSPS) is 32.3. The Labute approximate surface area is 180 Å². The zero-order valence-electron chi connectivity index (χ0n) is 17.5. The van der Waals surface area contributed by atoms with Crippen LogP contribution in [0.25, 0.3) is 17.5 Å². The first-order chi connectivity index (χ1) is 15.0. The summed E-state index contributed by atoms with van der Waals surface area (Å²) in [6, 6.07) is 0.299. The van der Waals surface area contributed by atoms with Gasteiger partial charge in [-0.3, -0.25) is 4.98 Å². The van der Waals surface area contributed by atoms with Gasteiger partial charge in [-0.2, -0.15) is 4.98 Å². The maximum Gasteiger partial charge on any atom is 0.397 e. The first-order valence-corrected chi connectivity index (χ1v) is 11.2. The van der Waals surface area contributed by atoms with E-state index in [0.717, 1.165) is 48.2 Å². The van der Waals surface area contributed by atoms with Gasteiger partial charge in [0.1, 0.15) is 0 Å². The predicted molar refractivity (Wildman–Crippen MR) is 112 cm³/mol. The Hall–Kier alpha value is -2.74. The topological polar surface area (TPSA) is 110 Å². The molecule has 2 heterocycles. The fraction of sp³-hybridized carbons (Fsp3) is 0.565. The lowest BCUT2D eigenvalue weighted by Gasteiger charge is -2.58. The van der Waals surface area contributed by atoms with E-state index in [-0.39, 0.29) is 12.5 Å². The molecule has 4 bridgehead atoms. The van der Waals surface area contributed by atoms with Crippen molar-refractivity contribution in [2.45, 2.75) is 57.1 Å².